The Morgan fingerprint density at radius 2 is 1.82 bits per heavy atom. The van der Waals surface area contributed by atoms with Gasteiger partial charge in [0.25, 0.3) is 0 Å². The third-order valence-electron chi connectivity index (χ3n) is 11.5. The topological polar surface area (TPSA) is 158 Å². The monoisotopic (exact) mass is 836 g/mol. The first-order valence-corrected chi connectivity index (χ1v) is 21.9. The van der Waals surface area contributed by atoms with Crippen LogP contribution in [0.1, 0.15) is 71.9 Å². The van der Waals surface area contributed by atoms with Crippen molar-refractivity contribution in [2.45, 2.75) is 116 Å². The van der Waals surface area contributed by atoms with Crippen molar-refractivity contribution in [3.8, 4) is 0 Å². The molecule has 310 valence electrons. The van der Waals surface area contributed by atoms with E-state index in [0.29, 0.717) is 22.9 Å². The van der Waals surface area contributed by atoms with E-state index in [2.05, 4.69) is 5.32 Å². The van der Waals surface area contributed by atoms with Crippen LogP contribution in [0.15, 0.2) is 35.9 Å². The number of amides is 4. The van der Waals surface area contributed by atoms with Crippen molar-refractivity contribution in [2.75, 3.05) is 38.1 Å². The largest absolute Gasteiger partial charge is 0.457 e. The minimum absolute atomic E-state index is 0.0509. The number of carbonyl (C=O) groups is 5. The minimum Gasteiger partial charge on any atom is -0.457 e. The molecule has 2 fully saturated rings. The molecule has 4 amide bonds. The predicted molar refractivity (Wildman–Crippen MR) is 220 cm³/mol. The number of epoxide rings is 1. The molecule has 4 rings (SSSR count). The number of nitrogens with one attached hydrogen (secondary N) is 1. The lowest BCUT2D eigenvalue weighted by Gasteiger charge is -2.41. The molecule has 9 unspecified atom stereocenters. The molecule has 1 aromatic carbocycles. The van der Waals surface area contributed by atoms with Crippen LogP contribution < -0.4 is 10.2 Å². The van der Waals surface area contributed by atoms with Crippen molar-refractivity contribution in [3.05, 3.63) is 52.1 Å². The number of aryl methyl sites for hydroxylation is 1. The number of ether oxygens (including phenoxy) is 3. The summed E-state index contributed by atoms with van der Waals surface area (Å²) in [4.78, 5) is 71.3. The summed E-state index contributed by atoms with van der Waals surface area (Å²) in [7, 11) is 7.75. The van der Waals surface area contributed by atoms with Crippen LogP contribution in [0.2, 0.25) is 5.02 Å². The number of anilines is 1. The van der Waals surface area contributed by atoms with E-state index < -0.39 is 77.4 Å². The van der Waals surface area contributed by atoms with E-state index >= 15 is 0 Å². The number of benzene rings is 1. The number of rotatable bonds is 9. The molecule has 4 bridgehead atoms. The summed E-state index contributed by atoms with van der Waals surface area (Å²) in [5, 5.41) is 14.7. The molecule has 1 aromatic rings. The fourth-order valence-electron chi connectivity index (χ4n) is 7.20. The number of likely N-dealkylation sites (N-methyl/N-ethyl adjacent to an activating group) is 2. The lowest BCUT2D eigenvalue weighted by Crippen LogP contribution is -2.60. The molecule has 0 aromatic heterocycles. The van der Waals surface area contributed by atoms with E-state index in [9.17, 15) is 29.1 Å². The minimum atomic E-state index is -1.62. The number of halogens is 1. The lowest BCUT2D eigenvalue weighted by molar-refractivity contribution is -0.163. The van der Waals surface area contributed by atoms with Gasteiger partial charge in [-0.2, -0.15) is 0 Å². The molecule has 0 spiro atoms. The molecule has 9 atom stereocenters. The summed E-state index contributed by atoms with van der Waals surface area (Å²) >= 11 is 6.79. The number of nitrogens with zero attached hydrogens (tertiary/aromatic N) is 3. The Kier molecular flexibility index (Phi) is 15.1. The molecule has 3 heterocycles. The number of alkyl carbamates (subject to hydrolysis) is 1. The molecule has 0 aliphatic carbocycles. The van der Waals surface area contributed by atoms with E-state index in [1.54, 1.807) is 49.5 Å². The maximum absolute atomic E-state index is 14.2. The summed E-state index contributed by atoms with van der Waals surface area (Å²) < 4.78 is 18.1. The summed E-state index contributed by atoms with van der Waals surface area (Å²) in [5.41, 5.74) is 0.367. The van der Waals surface area contributed by atoms with Gasteiger partial charge in [0.05, 0.1) is 23.2 Å². The first-order valence-electron chi connectivity index (χ1n) is 18.8. The first-order chi connectivity index (χ1) is 26.1. The van der Waals surface area contributed by atoms with Crippen LogP contribution in [-0.2, 0) is 39.8 Å². The zero-order valence-electron chi connectivity index (χ0n) is 34.2. The van der Waals surface area contributed by atoms with Gasteiger partial charge in [0.1, 0.15) is 35.6 Å². The van der Waals surface area contributed by atoms with E-state index in [1.807, 2.05) is 64.3 Å². The van der Waals surface area contributed by atoms with Crippen LogP contribution in [0.3, 0.4) is 0 Å². The van der Waals surface area contributed by atoms with Gasteiger partial charge in [0.2, 0.25) is 17.7 Å². The molecule has 0 radical (unpaired) electrons. The molecule has 3 aliphatic heterocycles. The first kappa shape index (κ1) is 45.5. The quantitative estimate of drug-likeness (QED) is 0.136. The Hall–Kier alpha value is -3.24. The van der Waals surface area contributed by atoms with E-state index in [4.69, 9.17) is 25.8 Å². The van der Waals surface area contributed by atoms with Crippen molar-refractivity contribution in [1.82, 2.24) is 15.1 Å². The number of aliphatic hydroxyl groups is 1. The number of hydrogen-bond donors (Lipinski definition) is 2. The van der Waals surface area contributed by atoms with Crippen LogP contribution in [-0.4, -0.2) is 120 Å². The summed E-state index contributed by atoms with van der Waals surface area (Å²) in [5.74, 6) is -2.22. The van der Waals surface area contributed by atoms with Gasteiger partial charge in [0.15, 0.2) is 0 Å². The van der Waals surface area contributed by atoms with Crippen molar-refractivity contribution < 1.29 is 43.3 Å². The van der Waals surface area contributed by atoms with Gasteiger partial charge >= 0.3 is 12.1 Å². The number of esters is 1. The second-order valence-electron chi connectivity index (χ2n) is 15.5. The van der Waals surface area contributed by atoms with Gasteiger partial charge in [-0.3, -0.25) is 19.7 Å². The van der Waals surface area contributed by atoms with Crippen molar-refractivity contribution in [3.63, 3.8) is 0 Å². The van der Waals surface area contributed by atoms with Gasteiger partial charge in [-0.05, 0) is 64.5 Å². The Labute approximate surface area is 343 Å². The van der Waals surface area contributed by atoms with E-state index in [1.165, 1.54) is 28.7 Å². The second-order valence-corrected chi connectivity index (χ2v) is 18.6. The standard InChI is InChI=1S/C40H57ClN4O9S2/c1-22-13-12-14-24(3)40(51)21-30(52-38(50)42-40)25(4)35-39(7,54-35)31(20-33(47)45(10)29-19-28(17-22)18-23(2)34(29)41)53-37(49)27(6)44(9)36(48)26(5)43(8)32(46)15-16-56-55-11/h12-14,18-19,24-27,30-31,35,51H,15-17,20-21H2,1-11H3,(H,42,50)/b14-12+,22-13+. The fraction of sp³-hybridized carbons (Fsp3) is 0.625. The van der Waals surface area contributed by atoms with Gasteiger partial charge < -0.3 is 34.0 Å². The van der Waals surface area contributed by atoms with Crippen LogP contribution in [0.5, 0.6) is 0 Å². The van der Waals surface area contributed by atoms with E-state index in [0.717, 1.165) is 16.7 Å². The maximum Gasteiger partial charge on any atom is 0.409 e. The molecule has 56 heavy (non-hydrogen) atoms. The lowest BCUT2D eigenvalue weighted by atomic mass is 9.82. The normalized spacial score (nSPS) is 30.7. The second kappa shape index (κ2) is 18.6. The molecule has 3 aliphatic rings. The third kappa shape index (κ3) is 10.2. The number of fused-ring (bicyclic) bond motifs is 5. The smallest absolute Gasteiger partial charge is 0.409 e. The highest BCUT2D eigenvalue weighted by Gasteiger charge is 2.64. The fourth-order valence-corrected chi connectivity index (χ4v) is 8.61. The maximum atomic E-state index is 14.2. The molecule has 13 nitrogen and oxygen atoms in total. The highest BCUT2D eigenvalue weighted by atomic mass is 35.5. The molecule has 0 saturated carbocycles. The van der Waals surface area contributed by atoms with Crippen molar-refractivity contribution in [2.24, 2.45) is 11.8 Å². The number of carbonyl (C=O) groups excluding carboxylic acids is 5. The Morgan fingerprint density at radius 3 is 2.48 bits per heavy atom. The summed E-state index contributed by atoms with van der Waals surface area (Å²) in [6.07, 6.45) is 4.76. The zero-order valence-corrected chi connectivity index (χ0v) is 36.6. The molecule has 2 saturated heterocycles. The highest BCUT2D eigenvalue weighted by Crippen LogP contribution is 2.49. The Morgan fingerprint density at radius 1 is 1.14 bits per heavy atom. The van der Waals surface area contributed by atoms with Crippen molar-refractivity contribution in [1.29, 1.82) is 0 Å². The number of hydrogen-bond acceptors (Lipinski definition) is 11. The van der Waals surface area contributed by atoms with Crippen LogP contribution >= 0.6 is 33.2 Å². The van der Waals surface area contributed by atoms with Gasteiger partial charge in [-0.1, -0.05) is 76.9 Å². The molecule has 16 heteroatoms. The van der Waals surface area contributed by atoms with Crippen LogP contribution in [0.25, 0.3) is 0 Å². The van der Waals surface area contributed by atoms with E-state index in [-0.39, 0.29) is 25.2 Å². The average molecular weight is 838 g/mol. The predicted octanol–water partition coefficient (Wildman–Crippen LogP) is 5.68. The average Bonchev–Trinajstić information content (AvgIpc) is 3.84. The summed E-state index contributed by atoms with van der Waals surface area (Å²) in [6.45, 7) is 12.3. The molecular formula is C40H57ClN4O9S2. The summed E-state index contributed by atoms with van der Waals surface area (Å²) in [6, 6.07) is 1.88. The van der Waals surface area contributed by atoms with Gasteiger partial charge in [-0.15, -0.1) is 0 Å². The zero-order chi connectivity index (χ0) is 41.9. The van der Waals surface area contributed by atoms with Gasteiger partial charge in [-0.25, -0.2) is 9.59 Å². The third-order valence-corrected chi connectivity index (χ3v) is 13.8. The van der Waals surface area contributed by atoms with Crippen LogP contribution in [0, 0.1) is 18.8 Å². The molecule has 2 N–H and O–H groups in total. The van der Waals surface area contributed by atoms with Gasteiger partial charge in [0, 0.05) is 51.6 Å². The SMILES string of the molecule is CSSCCC(=O)N(C)C(C)C(=O)N(C)C(C)C(=O)OC1CC(=O)N(C)c2cc(cc(C)c2Cl)C/C(C)=C/C=C/C(C)C2(O)CC(OC(=O)N2)C(C)C2OC12C. The van der Waals surface area contributed by atoms with Crippen molar-refractivity contribution >= 4 is 68.7 Å². The Balaban J connectivity index is 1.67. The van der Waals surface area contributed by atoms with Crippen LogP contribution in [0.4, 0.5) is 10.5 Å². The molecular weight excluding hydrogens is 780 g/mol. The Bertz CT molecular complexity index is 1740. The number of allylic oxidation sites excluding steroid dienone is 3. The highest BCUT2D eigenvalue weighted by molar-refractivity contribution is 8.76.